The monoisotopic (exact) mass is 419 g/mol. The van der Waals surface area contributed by atoms with Crippen LogP contribution in [-0.2, 0) is 9.59 Å². The first kappa shape index (κ1) is 18.0. The number of hydrogen-bond acceptors (Lipinski definition) is 3. The van der Waals surface area contributed by atoms with E-state index in [-0.39, 0.29) is 23.9 Å². The Morgan fingerprint density at radius 3 is 2.19 bits per heavy atom. The first-order valence-electron chi connectivity index (χ1n) is 9.57. The summed E-state index contributed by atoms with van der Waals surface area (Å²) in [6, 6.07) is 7.42. The third-order valence-electron chi connectivity index (χ3n) is 6.26. The van der Waals surface area contributed by atoms with Crippen LogP contribution in [0.5, 0.6) is 0 Å². The molecule has 1 aromatic carbocycles. The molecular formula is C20H26BrN3O2. The van der Waals surface area contributed by atoms with Crippen LogP contribution in [0.2, 0.25) is 0 Å². The summed E-state index contributed by atoms with van der Waals surface area (Å²) < 4.78 is 0.822. The van der Waals surface area contributed by atoms with Crippen molar-refractivity contribution in [3.63, 3.8) is 0 Å². The van der Waals surface area contributed by atoms with Crippen LogP contribution in [0.4, 0.5) is 5.69 Å². The molecule has 2 amide bonds. The molecule has 26 heavy (non-hydrogen) atoms. The van der Waals surface area contributed by atoms with Crippen LogP contribution < -0.4 is 16.0 Å². The Labute approximate surface area is 162 Å². The minimum absolute atomic E-state index is 0.0112. The van der Waals surface area contributed by atoms with Gasteiger partial charge in [0.15, 0.2) is 0 Å². The lowest BCUT2D eigenvalue weighted by Gasteiger charge is -2.57. The Hall–Kier alpha value is -1.40. The number of carbonyl (C=O) groups is 2. The van der Waals surface area contributed by atoms with Gasteiger partial charge in [0.25, 0.3) is 0 Å². The molecule has 4 saturated carbocycles. The van der Waals surface area contributed by atoms with Gasteiger partial charge in [-0.05, 0) is 84.3 Å². The zero-order chi connectivity index (χ0) is 18.1. The maximum absolute atomic E-state index is 12.2. The Morgan fingerprint density at radius 1 is 0.962 bits per heavy atom. The van der Waals surface area contributed by atoms with Gasteiger partial charge < -0.3 is 16.0 Å². The van der Waals surface area contributed by atoms with Crippen molar-refractivity contribution in [1.29, 1.82) is 0 Å². The summed E-state index contributed by atoms with van der Waals surface area (Å²) in [6.45, 7) is 0.289. The third-order valence-corrected chi connectivity index (χ3v) is 6.95. The van der Waals surface area contributed by atoms with Gasteiger partial charge in [-0.15, -0.1) is 0 Å². The van der Waals surface area contributed by atoms with Crippen LogP contribution in [0.15, 0.2) is 28.7 Å². The quantitative estimate of drug-likeness (QED) is 0.663. The highest BCUT2D eigenvalue weighted by molar-refractivity contribution is 9.10. The van der Waals surface area contributed by atoms with E-state index in [0.29, 0.717) is 12.2 Å². The molecule has 0 atom stereocenters. The predicted molar refractivity (Wildman–Crippen MR) is 105 cm³/mol. The zero-order valence-corrected chi connectivity index (χ0v) is 16.5. The van der Waals surface area contributed by atoms with Crippen LogP contribution >= 0.6 is 15.9 Å². The van der Waals surface area contributed by atoms with Crippen molar-refractivity contribution in [1.82, 2.24) is 10.6 Å². The summed E-state index contributed by atoms with van der Waals surface area (Å²) >= 11 is 3.39. The second kappa shape index (κ2) is 7.31. The molecule has 4 aliphatic carbocycles. The molecule has 0 radical (unpaired) electrons. The van der Waals surface area contributed by atoms with Crippen molar-refractivity contribution >= 4 is 33.4 Å². The van der Waals surface area contributed by atoms with E-state index in [1.165, 1.54) is 38.5 Å². The van der Waals surface area contributed by atoms with Crippen LogP contribution in [0.25, 0.3) is 0 Å². The average molecular weight is 420 g/mol. The zero-order valence-electron chi connectivity index (χ0n) is 14.9. The van der Waals surface area contributed by atoms with E-state index in [1.54, 1.807) is 0 Å². The fourth-order valence-electron chi connectivity index (χ4n) is 5.59. The molecule has 5 rings (SSSR count). The van der Waals surface area contributed by atoms with Crippen molar-refractivity contribution in [2.75, 3.05) is 18.4 Å². The lowest BCUT2D eigenvalue weighted by Crippen LogP contribution is -2.60. The lowest BCUT2D eigenvalue weighted by atomic mass is 9.53. The molecule has 4 aliphatic rings. The number of hydrogen-bond donors (Lipinski definition) is 3. The Balaban J connectivity index is 1.22. The molecule has 1 aromatic rings. The minimum atomic E-state index is -0.222. The van der Waals surface area contributed by atoms with Gasteiger partial charge in [0.05, 0.1) is 18.8 Å². The molecule has 5 nitrogen and oxygen atoms in total. The van der Waals surface area contributed by atoms with Crippen molar-refractivity contribution in [2.45, 2.75) is 44.1 Å². The fraction of sp³-hybridized carbons (Fsp3) is 0.600. The number of halogens is 1. The Bertz CT molecular complexity index is 671. The minimum Gasteiger partial charge on any atom is -0.346 e. The number of para-hydroxylation sites is 1. The highest BCUT2D eigenvalue weighted by Gasteiger charge is 2.50. The predicted octanol–water partition coefficient (Wildman–Crippen LogP) is 3.06. The number of rotatable bonds is 6. The van der Waals surface area contributed by atoms with Crippen LogP contribution in [-0.4, -0.2) is 30.4 Å². The number of nitrogens with one attached hydrogen (secondary N) is 3. The van der Waals surface area contributed by atoms with Crippen LogP contribution in [0.3, 0.4) is 0 Å². The van der Waals surface area contributed by atoms with E-state index in [2.05, 4.69) is 31.9 Å². The third kappa shape index (κ3) is 3.96. The number of carbonyl (C=O) groups excluding carboxylic acids is 2. The van der Waals surface area contributed by atoms with Gasteiger partial charge in [0.1, 0.15) is 0 Å². The molecule has 0 unspecified atom stereocenters. The summed E-state index contributed by atoms with van der Waals surface area (Å²) in [4.78, 5) is 24.2. The van der Waals surface area contributed by atoms with E-state index in [1.807, 2.05) is 24.3 Å². The van der Waals surface area contributed by atoms with Gasteiger partial charge in [0, 0.05) is 10.0 Å². The maximum atomic E-state index is 12.2. The van der Waals surface area contributed by atoms with Crippen molar-refractivity contribution in [3.05, 3.63) is 28.7 Å². The van der Waals surface area contributed by atoms with Crippen molar-refractivity contribution in [3.8, 4) is 0 Å². The molecule has 4 fully saturated rings. The summed E-state index contributed by atoms with van der Waals surface area (Å²) in [5, 5.41) is 9.08. The topological polar surface area (TPSA) is 70.2 Å². The molecular weight excluding hydrogens is 394 g/mol. The highest BCUT2D eigenvalue weighted by atomic mass is 79.9. The normalized spacial score (nSPS) is 31.7. The summed E-state index contributed by atoms with van der Waals surface area (Å²) in [5.74, 6) is 2.23. The second-order valence-corrected chi connectivity index (χ2v) is 9.21. The van der Waals surface area contributed by atoms with Gasteiger partial charge >= 0.3 is 0 Å². The molecule has 4 bridgehead atoms. The molecule has 0 spiro atoms. The Kier molecular flexibility index (Phi) is 5.06. The Morgan fingerprint density at radius 2 is 1.58 bits per heavy atom. The lowest BCUT2D eigenvalue weighted by molar-refractivity contribution is -0.124. The van der Waals surface area contributed by atoms with Crippen LogP contribution in [0.1, 0.15) is 38.5 Å². The number of amides is 2. The fourth-order valence-corrected chi connectivity index (χ4v) is 5.98. The summed E-state index contributed by atoms with van der Waals surface area (Å²) in [7, 11) is 0. The molecule has 0 aliphatic heterocycles. The first-order valence-corrected chi connectivity index (χ1v) is 10.4. The van der Waals surface area contributed by atoms with E-state index in [4.69, 9.17) is 0 Å². The average Bonchev–Trinajstić information content (AvgIpc) is 2.59. The van der Waals surface area contributed by atoms with Crippen molar-refractivity contribution in [2.24, 2.45) is 17.8 Å². The SMILES string of the molecule is O=C(CNC12CC3CC(CC(C3)C1)C2)NCC(=O)Nc1ccccc1Br. The van der Waals surface area contributed by atoms with Gasteiger partial charge in [-0.2, -0.15) is 0 Å². The second-order valence-electron chi connectivity index (χ2n) is 8.36. The van der Waals surface area contributed by atoms with Gasteiger partial charge in [-0.3, -0.25) is 9.59 Å². The van der Waals surface area contributed by atoms with E-state index in [9.17, 15) is 9.59 Å². The van der Waals surface area contributed by atoms with Gasteiger partial charge in [-0.1, -0.05) is 12.1 Å². The molecule has 0 saturated heterocycles. The highest BCUT2D eigenvalue weighted by Crippen LogP contribution is 2.55. The van der Waals surface area contributed by atoms with Gasteiger partial charge in [0.2, 0.25) is 11.8 Å². The molecule has 3 N–H and O–H groups in total. The smallest absolute Gasteiger partial charge is 0.243 e. The largest absolute Gasteiger partial charge is 0.346 e. The number of benzene rings is 1. The molecule has 0 aromatic heterocycles. The summed E-state index contributed by atoms with van der Waals surface area (Å²) in [5.41, 5.74) is 0.877. The standard InChI is InChI=1S/C20H26BrN3O2/c21-16-3-1-2-4-17(16)24-19(26)11-22-18(25)12-23-20-8-13-5-14(9-20)7-15(6-13)10-20/h1-4,13-15,23H,5-12H2,(H,22,25)(H,24,26). The van der Waals surface area contributed by atoms with Crippen molar-refractivity contribution < 1.29 is 9.59 Å². The first-order chi connectivity index (χ1) is 12.5. The van der Waals surface area contributed by atoms with Gasteiger partial charge in [-0.25, -0.2) is 0 Å². The molecule has 6 heteroatoms. The summed E-state index contributed by atoms with van der Waals surface area (Å²) in [6.07, 6.45) is 7.82. The maximum Gasteiger partial charge on any atom is 0.243 e. The van der Waals surface area contributed by atoms with Crippen LogP contribution in [0, 0.1) is 17.8 Å². The molecule has 0 heterocycles. The number of anilines is 1. The van der Waals surface area contributed by atoms with E-state index >= 15 is 0 Å². The van der Waals surface area contributed by atoms with E-state index < -0.39 is 0 Å². The molecule has 140 valence electrons. The van der Waals surface area contributed by atoms with E-state index in [0.717, 1.165) is 22.2 Å².